The lowest BCUT2D eigenvalue weighted by Crippen LogP contribution is -2.43. The first kappa shape index (κ1) is 11.9. The van der Waals surface area contributed by atoms with Gasteiger partial charge in [-0.2, -0.15) is 0 Å². The van der Waals surface area contributed by atoms with Gasteiger partial charge in [0.25, 0.3) is 0 Å². The van der Waals surface area contributed by atoms with Gasteiger partial charge in [-0.05, 0) is 44.4 Å². The van der Waals surface area contributed by atoms with E-state index in [9.17, 15) is 9.90 Å². The van der Waals surface area contributed by atoms with Gasteiger partial charge >= 0.3 is 5.97 Å². The van der Waals surface area contributed by atoms with Crippen molar-refractivity contribution in [3.8, 4) is 0 Å². The summed E-state index contributed by atoms with van der Waals surface area (Å²) in [7, 11) is 0. The smallest absolute Gasteiger partial charge is 0.314 e. The van der Waals surface area contributed by atoms with Crippen molar-refractivity contribution in [3.63, 3.8) is 0 Å². The number of hydrogen-bond donors (Lipinski definition) is 1. The van der Waals surface area contributed by atoms with E-state index >= 15 is 0 Å². The molecule has 2 aliphatic rings. The molecule has 2 aliphatic carbocycles. The standard InChI is InChI=1S/C13H22O3/c1-4-16-10(14)12(6-7-12)13(15)8-5-11(2,3)9-13/h15H,4-9H2,1-3H3. The van der Waals surface area contributed by atoms with Gasteiger partial charge in [-0.3, -0.25) is 4.79 Å². The molecule has 16 heavy (non-hydrogen) atoms. The Bertz CT molecular complexity index is 304. The Hall–Kier alpha value is -0.570. The molecule has 0 aliphatic heterocycles. The SMILES string of the molecule is CCOC(=O)C1(C2(O)CCC(C)(C)C2)CC1. The van der Waals surface area contributed by atoms with Gasteiger partial charge in [0.05, 0.1) is 17.6 Å². The molecule has 2 saturated carbocycles. The van der Waals surface area contributed by atoms with Gasteiger partial charge in [-0.15, -0.1) is 0 Å². The van der Waals surface area contributed by atoms with Gasteiger partial charge < -0.3 is 9.84 Å². The molecule has 1 atom stereocenters. The molecule has 0 heterocycles. The first-order chi connectivity index (χ1) is 7.35. The second-order valence-electron chi connectivity index (χ2n) is 6.18. The number of aliphatic hydroxyl groups is 1. The van der Waals surface area contributed by atoms with E-state index in [1.807, 2.05) is 6.92 Å². The maximum absolute atomic E-state index is 11.9. The number of rotatable bonds is 3. The zero-order chi connectivity index (χ0) is 12.0. The summed E-state index contributed by atoms with van der Waals surface area (Å²) in [4.78, 5) is 11.9. The van der Waals surface area contributed by atoms with Gasteiger partial charge in [-0.25, -0.2) is 0 Å². The Morgan fingerprint density at radius 1 is 1.25 bits per heavy atom. The van der Waals surface area contributed by atoms with Gasteiger partial charge in [0, 0.05) is 0 Å². The fourth-order valence-electron chi connectivity index (χ4n) is 3.18. The highest BCUT2D eigenvalue weighted by molar-refractivity contribution is 5.81. The Balaban J connectivity index is 2.15. The molecule has 0 aromatic carbocycles. The minimum absolute atomic E-state index is 0.150. The largest absolute Gasteiger partial charge is 0.465 e. The van der Waals surface area contributed by atoms with Crippen LogP contribution in [0.4, 0.5) is 0 Å². The van der Waals surface area contributed by atoms with E-state index < -0.39 is 11.0 Å². The van der Waals surface area contributed by atoms with Gasteiger partial charge in [-0.1, -0.05) is 13.8 Å². The van der Waals surface area contributed by atoms with Crippen molar-refractivity contribution in [2.45, 2.75) is 58.5 Å². The van der Waals surface area contributed by atoms with Crippen LogP contribution in [-0.4, -0.2) is 23.3 Å². The average Bonchev–Trinajstić information content (AvgIpc) is 2.91. The van der Waals surface area contributed by atoms with Crippen LogP contribution < -0.4 is 0 Å². The topological polar surface area (TPSA) is 46.5 Å². The maximum Gasteiger partial charge on any atom is 0.314 e. The lowest BCUT2D eigenvalue weighted by Gasteiger charge is -2.32. The van der Waals surface area contributed by atoms with Crippen LogP contribution in [0.3, 0.4) is 0 Å². The summed E-state index contributed by atoms with van der Waals surface area (Å²) in [5.41, 5.74) is -1.24. The zero-order valence-corrected chi connectivity index (χ0v) is 10.5. The Labute approximate surface area is 97.2 Å². The van der Waals surface area contributed by atoms with Crippen LogP contribution in [0.5, 0.6) is 0 Å². The van der Waals surface area contributed by atoms with Crippen LogP contribution in [0.25, 0.3) is 0 Å². The molecule has 0 amide bonds. The second-order valence-corrected chi connectivity index (χ2v) is 6.18. The van der Waals surface area contributed by atoms with E-state index in [-0.39, 0.29) is 11.4 Å². The Morgan fingerprint density at radius 2 is 1.88 bits per heavy atom. The molecule has 0 spiro atoms. The van der Waals surface area contributed by atoms with Crippen molar-refractivity contribution >= 4 is 5.97 Å². The average molecular weight is 226 g/mol. The van der Waals surface area contributed by atoms with E-state index in [4.69, 9.17) is 4.74 Å². The van der Waals surface area contributed by atoms with Crippen LogP contribution in [0.1, 0.15) is 52.9 Å². The minimum atomic E-state index is -0.817. The summed E-state index contributed by atoms with van der Waals surface area (Å²) < 4.78 is 5.12. The molecule has 0 aromatic rings. The minimum Gasteiger partial charge on any atom is -0.465 e. The molecule has 0 bridgehead atoms. The van der Waals surface area contributed by atoms with Gasteiger partial charge in [0.15, 0.2) is 0 Å². The lowest BCUT2D eigenvalue weighted by atomic mass is 9.79. The van der Waals surface area contributed by atoms with E-state index in [1.165, 1.54) is 0 Å². The van der Waals surface area contributed by atoms with Crippen molar-refractivity contribution < 1.29 is 14.6 Å². The summed E-state index contributed by atoms with van der Waals surface area (Å²) in [6.07, 6.45) is 4.03. The molecule has 1 unspecified atom stereocenters. The summed E-state index contributed by atoms with van der Waals surface area (Å²) in [6.45, 7) is 6.54. The van der Waals surface area contributed by atoms with E-state index in [0.29, 0.717) is 6.61 Å². The van der Waals surface area contributed by atoms with Crippen molar-refractivity contribution in [3.05, 3.63) is 0 Å². The first-order valence-corrected chi connectivity index (χ1v) is 6.25. The first-order valence-electron chi connectivity index (χ1n) is 6.25. The normalized spacial score (nSPS) is 34.8. The van der Waals surface area contributed by atoms with E-state index in [0.717, 1.165) is 32.1 Å². The van der Waals surface area contributed by atoms with Crippen molar-refractivity contribution in [2.24, 2.45) is 10.8 Å². The summed E-state index contributed by atoms with van der Waals surface area (Å²) >= 11 is 0. The lowest BCUT2D eigenvalue weighted by molar-refractivity contribution is -0.162. The van der Waals surface area contributed by atoms with Crippen LogP contribution in [-0.2, 0) is 9.53 Å². The van der Waals surface area contributed by atoms with Crippen LogP contribution >= 0.6 is 0 Å². The summed E-state index contributed by atoms with van der Waals surface area (Å²) in [5.74, 6) is -0.185. The number of carbonyl (C=O) groups is 1. The summed E-state index contributed by atoms with van der Waals surface area (Å²) in [6, 6.07) is 0. The zero-order valence-electron chi connectivity index (χ0n) is 10.5. The third kappa shape index (κ3) is 1.65. The van der Waals surface area contributed by atoms with Gasteiger partial charge in [0.2, 0.25) is 0 Å². The van der Waals surface area contributed by atoms with Crippen LogP contribution in [0, 0.1) is 10.8 Å². The highest BCUT2D eigenvalue weighted by Crippen LogP contribution is 2.63. The third-order valence-electron chi connectivity index (χ3n) is 4.29. The van der Waals surface area contributed by atoms with E-state index in [1.54, 1.807) is 0 Å². The second kappa shape index (κ2) is 3.46. The quantitative estimate of drug-likeness (QED) is 0.751. The number of hydrogen-bond acceptors (Lipinski definition) is 3. The number of ether oxygens (including phenoxy) is 1. The third-order valence-corrected chi connectivity index (χ3v) is 4.29. The van der Waals surface area contributed by atoms with Gasteiger partial charge in [0.1, 0.15) is 0 Å². The molecule has 3 heteroatoms. The Morgan fingerprint density at radius 3 is 2.25 bits per heavy atom. The molecule has 0 saturated heterocycles. The molecular weight excluding hydrogens is 204 g/mol. The predicted molar refractivity (Wildman–Crippen MR) is 60.9 cm³/mol. The number of esters is 1. The molecule has 0 aromatic heterocycles. The molecular formula is C13H22O3. The number of carbonyl (C=O) groups excluding carboxylic acids is 1. The van der Waals surface area contributed by atoms with Crippen LogP contribution in [0.15, 0.2) is 0 Å². The van der Waals surface area contributed by atoms with Crippen molar-refractivity contribution in [1.29, 1.82) is 0 Å². The van der Waals surface area contributed by atoms with Crippen molar-refractivity contribution in [2.75, 3.05) is 6.61 Å². The molecule has 2 rings (SSSR count). The predicted octanol–water partition coefficient (Wildman–Crippen LogP) is 2.27. The van der Waals surface area contributed by atoms with Crippen molar-refractivity contribution in [1.82, 2.24) is 0 Å². The highest BCUT2D eigenvalue weighted by atomic mass is 16.5. The maximum atomic E-state index is 11.9. The molecule has 0 radical (unpaired) electrons. The fourth-order valence-corrected chi connectivity index (χ4v) is 3.18. The monoisotopic (exact) mass is 226 g/mol. The van der Waals surface area contributed by atoms with E-state index in [2.05, 4.69) is 13.8 Å². The molecule has 1 N–H and O–H groups in total. The molecule has 2 fully saturated rings. The molecule has 3 nitrogen and oxygen atoms in total. The highest BCUT2D eigenvalue weighted by Gasteiger charge is 2.67. The summed E-state index contributed by atoms with van der Waals surface area (Å²) in [5, 5.41) is 10.7. The fraction of sp³-hybridized carbons (Fsp3) is 0.923. The van der Waals surface area contributed by atoms with Crippen LogP contribution in [0.2, 0.25) is 0 Å². The molecule has 92 valence electrons. The Kier molecular flexibility index (Phi) is 2.57.